The third kappa shape index (κ3) is 4.68. The molecule has 0 radical (unpaired) electrons. The number of rotatable bonds is 3. The van der Waals surface area contributed by atoms with Crippen LogP contribution in [0.4, 0.5) is 5.13 Å². The number of hydrogen-bond acceptors (Lipinski definition) is 5. The first kappa shape index (κ1) is 17.2. The van der Waals surface area contributed by atoms with Crippen LogP contribution in [0.2, 0.25) is 0 Å². The van der Waals surface area contributed by atoms with E-state index in [-0.39, 0.29) is 17.5 Å². The van der Waals surface area contributed by atoms with Crippen molar-refractivity contribution in [3.8, 4) is 0 Å². The number of hydrogen-bond donors (Lipinski definition) is 1. The Hall–Kier alpha value is -1.14. The molecule has 1 saturated heterocycles. The monoisotopic (exact) mass is 324 g/mol. The van der Waals surface area contributed by atoms with Gasteiger partial charge in [-0.1, -0.05) is 0 Å². The molecular weight excluding hydrogens is 296 g/mol. The fraction of sp³-hybridized carbons (Fsp3) is 0.750. The van der Waals surface area contributed by atoms with Crippen LogP contribution in [0.25, 0.3) is 0 Å². The highest BCUT2D eigenvalue weighted by molar-refractivity contribution is 7.13. The van der Waals surface area contributed by atoms with Gasteiger partial charge in [0.15, 0.2) is 5.13 Å². The molecule has 1 aliphatic rings. The van der Waals surface area contributed by atoms with Crippen LogP contribution in [0.15, 0.2) is 5.38 Å². The van der Waals surface area contributed by atoms with Crippen molar-refractivity contribution in [2.45, 2.75) is 52.6 Å². The Morgan fingerprint density at radius 2 is 2.05 bits per heavy atom. The Balaban J connectivity index is 1.93. The van der Waals surface area contributed by atoms with E-state index in [9.17, 15) is 4.79 Å². The summed E-state index contributed by atoms with van der Waals surface area (Å²) < 4.78 is 0. The van der Waals surface area contributed by atoms with Crippen molar-refractivity contribution in [3.05, 3.63) is 11.1 Å². The Morgan fingerprint density at radius 3 is 2.64 bits per heavy atom. The summed E-state index contributed by atoms with van der Waals surface area (Å²) in [6.45, 7) is 13.9. The number of aryl methyl sites for hydroxylation is 1. The predicted octanol–water partition coefficient (Wildman–Crippen LogP) is 2.27. The molecule has 0 aromatic carbocycles. The first-order valence-corrected chi connectivity index (χ1v) is 8.87. The van der Waals surface area contributed by atoms with Gasteiger partial charge in [0.2, 0.25) is 5.91 Å². The number of nitrogens with one attached hydrogen (secondary N) is 1. The second-order valence-electron chi connectivity index (χ2n) is 7.06. The Bertz CT molecular complexity index is 508. The van der Waals surface area contributed by atoms with Crippen LogP contribution in [-0.4, -0.2) is 53.6 Å². The molecule has 1 N–H and O–H groups in total. The number of nitrogens with zero attached hydrogens (tertiary/aromatic N) is 3. The lowest BCUT2D eigenvalue weighted by Gasteiger charge is -2.30. The van der Waals surface area contributed by atoms with E-state index in [1.165, 1.54) is 0 Å². The maximum absolute atomic E-state index is 12.3. The van der Waals surface area contributed by atoms with Gasteiger partial charge in [0.1, 0.15) is 0 Å². The molecule has 0 bridgehead atoms. The lowest BCUT2D eigenvalue weighted by molar-refractivity contribution is -0.127. The van der Waals surface area contributed by atoms with Gasteiger partial charge in [-0.15, -0.1) is 11.3 Å². The molecular formula is C16H28N4OS. The fourth-order valence-electron chi connectivity index (χ4n) is 2.64. The van der Waals surface area contributed by atoms with Gasteiger partial charge in [0, 0.05) is 37.1 Å². The van der Waals surface area contributed by atoms with Gasteiger partial charge in [-0.2, -0.15) is 0 Å². The minimum atomic E-state index is -0.179. The lowest BCUT2D eigenvalue weighted by atomic mass is 10.1. The highest BCUT2D eigenvalue weighted by Gasteiger charge is 2.26. The molecule has 5 nitrogen and oxygen atoms in total. The van der Waals surface area contributed by atoms with Crippen LogP contribution in [-0.2, 0) is 4.79 Å². The van der Waals surface area contributed by atoms with Crippen LogP contribution in [0, 0.1) is 6.92 Å². The van der Waals surface area contributed by atoms with Crippen LogP contribution < -0.4 is 10.2 Å². The fourth-order valence-corrected chi connectivity index (χ4v) is 3.50. The summed E-state index contributed by atoms with van der Waals surface area (Å²) >= 11 is 1.71. The Labute approximate surface area is 137 Å². The highest BCUT2D eigenvalue weighted by Crippen LogP contribution is 2.22. The standard InChI is InChI=1S/C16H28N4OS/c1-12-11-22-15(17-12)20-8-6-7-19(9-10-20)13(2)14(21)18-16(3,4)5/h11,13H,6-10H2,1-5H3,(H,18,21)/t13-/m0/s1. The van der Waals surface area contributed by atoms with Gasteiger partial charge >= 0.3 is 0 Å². The van der Waals surface area contributed by atoms with Crippen LogP contribution >= 0.6 is 11.3 Å². The molecule has 1 amide bonds. The van der Waals surface area contributed by atoms with E-state index in [2.05, 4.69) is 25.5 Å². The van der Waals surface area contributed by atoms with Crippen molar-refractivity contribution in [2.75, 3.05) is 31.1 Å². The minimum Gasteiger partial charge on any atom is -0.350 e. The van der Waals surface area contributed by atoms with Crippen molar-refractivity contribution in [1.82, 2.24) is 15.2 Å². The van der Waals surface area contributed by atoms with Crippen molar-refractivity contribution in [2.24, 2.45) is 0 Å². The topological polar surface area (TPSA) is 48.5 Å². The summed E-state index contributed by atoms with van der Waals surface area (Å²) in [5.74, 6) is 0.117. The van der Waals surface area contributed by atoms with Gasteiger partial charge < -0.3 is 10.2 Å². The molecule has 2 heterocycles. The van der Waals surface area contributed by atoms with Gasteiger partial charge in [0.05, 0.1) is 11.7 Å². The van der Waals surface area contributed by atoms with Crippen molar-refractivity contribution in [1.29, 1.82) is 0 Å². The van der Waals surface area contributed by atoms with Gasteiger partial charge in [-0.05, 0) is 41.0 Å². The average molecular weight is 324 g/mol. The van der Waals surface area contributed by atoms with E-state index >= 15 is 0 Å². The average Bonchev–Trinajstić information content (AvgIpc) is 2.71. The summed E-state index contributed by atoms with van der Waals surface area (Å²) in [6, 6.07) is -0.0859. The smallest absolute Gasteiger partial charge is 0.237 e. The van der Waals surface area contributed by atoms with Crippen molar-refractivity contribution < 1.29 is 4.79 Å². The molecule has 1 aromatic rings. The molecule has 22 heavy (non-hydrogen) atoms. The molecule has 6 heteroatoms. The van der Waals surface area contributed by atoms with E-state index in [1.807, 2.05) is 34.6 Å². The predicted molar refractivity (Wildman–Crippen MR) is 92.6 cm³/mol. The Kier molecular flexibility index (Phi) is 5.45. The first-order chi connectivity index (χ1) is 10.3. The first-order valence-electron chi connectivity index (χ1n) is 7.99. The molecule has 124 valence electrons. The van der Waals surface area contributed by atoms with E-state index in [1.54, 1.807) is 11.3 Å². The van der Waals surface area contributed by atoms with Crippen LogP contribution in [0.1, 0.15) is 39.8 Å². The van der Waals surface area contributed by atoms with E-state index < -0.39 is 0 Å². The molecule has 0 saturated carbocycles. The molecule has 0 spiro atoms. The van der Waals surface area contributed by atoms with Crippen LogP contribution in [0.3, 0.4) is 0 Å². The molecule has 0 aliphatic carbocycles. The highest BCUT2D eigenvalue weighted by atomic mass is 32.1. The summed E-state index contributed by atoms with van der Waals surface area (Å²) in [7, 11) is 0. The van der Waals surface area contributed by atoms with Crippen molar-refractivity contribution >= 4 is 22.4 Å². The normalized spacial score (nSPS) is 18.9. The SMILES string of the molecule is Cc1csc(N2CCCN([C@@H](C)C(=O)NC(C)(C)C)CC2)n1. The zero-order chi connectivity index (χ0) is 16.3. The zero-order valence-electron chi connectivity index (χ0n) is 14.3. The van der Waals surface area contributed by atoms with Gasteiger partial charge in [0.25, 0.3) is 0 Å². The lowest BCUT2D eigenvalue weighted by Crippen LogP contribution is -2.51. The molecule has 0 unspecified atom stereocenters. The molecule has 1 aliphatic heterocycles. The number of anilines is 1. The maximum Gasteiger partial charge on any atom is 0.237 e. The van der Waals surface area contributed by atoms with E-state index in [0.717, 1.165) is 43.4 Å². The number of carbonyl (C=O) groups is 1. The summed E-state index contributed by atoms with van der Waals surface area (Å²) in [5.41, 5.74) is 0.904. The second kappa shape index (κ2) is 6.96. The van der Waals surface area contributed by atoms with E-state index in [4.69, 9.17) is 0 Å². The summed E-state index contributed by atoms with van der Waals surface area (Å²) in [6.07, 6.45) is 1.06. The van der Waals surface area contributed by atoms with E-state index in [0.29, 0.717) is 0 Å². The largest absolute Gasteiger partial charge is 0.350 e. The number of thiazole rings is 1. The van der Waals surface area contributed by atoms with Gasteiger partial charge in [-0.25, -0.2) is 4.98 Å². The summed E-state index contributed by atoms with van der Waals surface area (Å²) in [4.78, 5) is 21.5. The zero-order valence-corrected chi connectivity index (χ0v) is 15.2. The second-order valence-corrected chi connectivity index (χ2v) is 7.90. The minimum absolute atomic E-state index is 0.0859. The summed E-state index contributed by atoms with van der Waals surface area (Å²) in [5, 5.41) is 6.28. The molecule has 2 rings (SSSR count). The molecule has 1 fully saturated rings. The molecule has 1 aromatic heterocycles. The van der Waals surface area contributed by atoms with Crippen LogP contribution in [0.5, 0.6) is 0 Å². The third-order valence-corrected chi connectivity index (χ3v) is 4.85. The Morgan fingerprint density at radius 1 is 1.32 bits per heavy atom. The molecule has 1 atom stereocenters. The maximum atomic E-state index is 12.3. The number of amides is 1. The third-order valence-electron chi connectivity index (χ3n) is 3.83. The number of aromatic nitrogens is 1. The number of carbonyl (C=O) groups excluding carboxylic acids is 1. The van der Waals surface area contributed by atoms with Crippen molar-refractivity contribution in [3.63, 3.8) is 0 Å². The van der Waals surface area contributed by atoms with Gasteiger partial charge in [-0.3, -0.25) is 9.69 Å². The quantitative estimate of drug-likeness (QED) is 0.926.